The van der Waals surface area contributed by atoms with Crippen LogP contribution in [0.2, 0.25) is 0 Å². The summed E-state index contributed by atoms with van der Waals surface area (Å²) >= 11 is 0. The summed E-state index contributed by atoms with van der Waals surface area (Å²) in [6.07, 6.45) is 1.45. The third-order valence-electron chi connectivity index (χ3n) is 4.11. The molecule has 2 aromatic heterocycles. The third kappa shape index (κ3) is 2.94. The SMILES string of the molecule is CCOC(=O)c1cnc2c(-c3ccc(F)c(F)c3)c(C)nn2c1C(C)C. The van der Waals surface area contributed by atoms with Crippen LogP contribution < -0.4 is 0 Å². The smallest absolute Gasteiger partial charge is 0.341 e. The van der Waals surface area contributed by atoms with Gasteiger partial charge in [0.05, 0.1) is 23.6 Å². The molecule has 0 atom stereocenters. The molecule has 0 amide bonds. The lowest BCUT2D eigenvalue weighted by Crippen LogP contribution is -2.14. The zero-order chi connectivity index (χ0) is 19.0. The van der Waals surface area contributed by atoms with Gasteiger partial charge >= 0.3 is 5.97 Å². The summed E-state index contributed by atoms with van der Waals surface area (Å²) in [6.45, 7) is 7.63. The molecule has 0 aliphatic rings. The van der Waals surface area contributed by atoms with Crippen molar-refractivity contribution in [2.75, 3.05) is 6.61 Å². The van der Waals surface area contributed by atoms with E-state index in [1.807, 2.05) is 13.8 Å². The van der Waals surface area contributed by atoms with E-state index in [0.29, 0.717) is 33.7 Å². The summed E-state index contributed by atoms with van der Waals surface area (Å²) in [5.74, 6) is -2.35. The number of fused-ring (bicyclic) bond motifs is 1. The fourth-order valence-corrected chi connectivity index (χ4v) is 3.02. The number of halogens is 2. The lowest BCUT2D eigenvalue weighted by atomic mass is 10.0. The van der Waals surface area contributed by atoms with Crippen LogP contribution in [-0.4, -0.2) is 27.2 Å². The molecule has 26 heavy (non-hydrogen) atoms. The highest BCUT2D eigenvalue weighted by Crippen LogP contribution is 2.31. The van der Waals surface area contributed by atoms with Gasteiger partial charge in [0.25, 0.3) is 0 Å². The molecule has 0 saturated heterocycles. The van der Waals surface area contributed by atoms with Crippen LogP contribution in [0.3, 0.4) is 0 Å². The summed E-state index contributed by atoms with van der Waals surface area (Å²) < 4.78 is 33.7. The first-order valence-electron chi connectivity index (χ1n) is 8.35. The Morgan fingerprint density at radius 3 is 2.62 bits per heavy atom. The fourth-order valence-electron chi connectivity index (χ4n) is 3.02. The van der Waals surface area contributed by atoms with Gasteiger partial charge in [0.1, 0.15) is 0 Å². The first kappa shape index (κ1) is 18.0. The average Bonchev–Trinajstić information content (AvgIpc) is 2.92. The second-order valence-electron chi connectivity index (χ2n) is 6.26. The minimum atomic E-state index is -0.937. The van der Waals surface area contributed by atoms with E-state index in [0.717, 1.165) is 12.1 Å². The molecular weight excluding hydrogens is 340 g/mol. The predicted octanol–water partition coefficient (Wildman–Crippen LogP) is 4.28. The largest absolute Gasteiger partial charge is 0.462 e. The molecule has 0 radical (unpaired) electrons. The van der Waals surface area contributed by atoms with Gasteiger partial charge in [-0.15, -0.1) is 0 Å². The lowest BCUT2D eigenvalue weighted by Gasteiger charge is -2.13. The Morgan fingerprint density at radius 1 is 1.27 bits per heavy atom. The number of carbonyl (C=O) groups is 1. The standard InChI is InChI=1S/C19H19F2N3O2/c1-5-26-19(25)13-9-22-18-16(12-6-7-14(20)15(21)8-12)11(4)23-24(18)17(13)10(2)3/h6-10H,5H2,1-4H3. The van der Waals surface area contributed by atoms with Gasteiger partial charge in [0, 0.05) is 11.8 Å². The highest BCUT2D eigenvalue weighted by molar-refractivity contribution is 5.91. The van der Waals surface area contributed by atoms with Crippen LogP contribution in [0.5, 0.6) is 0 Å². The number of hydrogen-bond donors (Lipinski definition) is 0. The molecule has 0 spiro atoms. The maximum absolute atomic E-state index is 13.7. The van der Waals surface area contributed by atoms with Crippen molar-refractivity contribution >= 4 is 11.6 Å². The van der Waals surface area contributed by atoms with Crippen LogP contribution in [0.4, 0.5) is 8.78 Å². The first-order valence-corrected chi connectivity index (χ1v) is 8.35. The monoisotopic (exact) mass is 359 g/mol. The van der Waals surface area contributed by atoms with E-state index in [4.69, 9.17) is 4.74 Å². The zero-order valence-corrected chi connectivity index (χ0v) is 15.0. The van der Waals surface area contributed by atoms with E-state index in [1.54, 1.807) is 18.4 Å². The van der Waals surface area contributed by atoms with Gasteiger partial charge < -0.3 is 4.74 Å². The molecule has 3 aromatic rings. The van der Waals surface area contributed by atoms with Crippen LogP contribution in [-0.2, 0) is 4.74 Å². The summed E-state index contributed by atoms with van der Waals surface area (Å²) in [5, 5.41) is 4.50. The second kappa shape index (κ2) is 6.82. The van der Waals surface area contributed by atoms with Crippen LogP contribution >= 0.6 is 0 Å². The molecule has 0 aliphatic heterocycles. The number of hydrogen-bond acceptors (Lipinski definition) is 4. The normalized spacial score (nSPS) is 11.3. The molecule has 0 aliphatic carbocycles. The molecule has 0 N–H and O–H groups in total. The highest BCUT2D eigenvalue weighted by atomic mass is 19.2. The van der Waals surface area contributed by atoms with E-state index >= 15 is 0 Å². The average molecular weight is 359 g/mol. The Hall–Kier alpha value is -2.83. The fraction of sp³-hybridized carbons (Fsp3) is 0.316. The molecule has 0 fully saturated rings. The van der Waals surface area contributed by atoms with E-state index in [-0.39, 0.29) is 12.5 Å². The van der Waals surface area contributed by atoms with Crippen molar-refractivity contribution in [3.05, 3.63) is 53.0 Å². The highest BCUT2D eigenvalue weighted by Gasteiger charge is 2.23. The van der Waals surface area contributed by atoms with Crippen molar-refractivity contribution in [1.82, 2.24) is 14.6 Å². The van der Waals surface area contributed by atoms with Gasteiger partial charge in [-0.25, -0.2) is 23.1 Å². The number of nitrogens with zero attached hydrogens (tertiary/aromatic N) is 3. The zero-order valence-electron chi connectivity index (χ0n) is 15.0. The van der Waals surface area contributed by atoms with E-state index in [1.165, 1.54) is 12.3 Å². The van der Waals surface area contributed by atoms with E-state index in [9.17, 15) is 13.6 Å². The summed E-state index contributed by atoms with van der Waals surface area (Å²) in [6, 6.07) is 3.68. The lowest BCUT2D eigenvalue weighted by molar-refractivity contribution is 0.0523. The summed E-state index contributed by atoms with van der Waals surface area (Å²) in [4.78, 5) is 16.6. The summed E-state index contributed by atoms with van der Waals surface area (Å²) in [7, 11) is 0. The maximum Gasteiger partial charge on any atom is 0.341 e. The molecule has 0 bridgehead atoms. The van der Waals surface area contributed by atoms with Gasteiger partial charge in [0.15, 0.2) is 17.3 Å². The molecule has 3 rings (SSSR count). The Kier molecular flexibility index (Phi) is 4.71. The minimum absolute atomic E-state index is 0.0305. The minimum Gasteiger partial charge on any atom is -0.462 e. The van der Waals surface area contributed by atoms with Gasteiger partial charge in [-0.1, -0.05) is 19.9 Å². The Labute approximate surface area is 149 Å². The van der Waals surface area contributed by atoms with Crippen molar-refractivity contribution in [3.63, 3.8) is 0 Å². The van der Waals surface area contributed by atoms with Crippen molar-refractivity contribution in [2.24, 2.45) is 0 Å². The van der Waals surface area contributed by atoms with Gasteiger partial charge in [-0.2, -0.15) is 5.10 Å². The molecular formula is C19H19F2N3O2. The van der Waals surface area contributed by atoms with Crippen molar-refractivity contribution in [3.8, 4) is 11.1 Å². The van der Waals surface area contributed by atoms with E-state index in [2.05, 4.69) is 10.1 Å². The molecule has 2 heterocycles. The number of ether oxygens (including phenoxy) is 1. The van der Waals surface area contributed by atoms with Crippen molar-refractivity contribution in [1.29, 1.82) is 0 Å². The Bertz CT molecular complexity index is 996. The number of rotatable bonds is 4. The van der Waals surface area contributed by atoms with Crippen LogP contribution in [0.15, 0.2) is 24.4 Å². The molecule has 0 saturated carbocycles. The third-order valence-corrected chi connectivity index (χ3v) is 4.11. The number of benzene rings is 1. The first-order chi connectivity index (χ1) is 12.3. The van der Waals surface area contributed by atoms with Crippen molar-refractivity contribution < 1.29 is 18.3 Å². The number of carbonyl (C=O) groups excluding carboxylic acids is 1. The van der Waals surface area contributed by atoms with Crippen molar-refractivity contribution in [2.45, 2.75) is 33.6 Å². The molecule has 5 nitrogen and oxygen atoms in total. The molecule has 0 unspecified atom stereocenters. The van der Waals surface area contributed by atoms with Gasteiger partial charge in [0.2, 0.25) is 0 Å². The Balaban J connectivity index is 2.28. The Morgan fingerprint density at radius 2 is 2.00 bits per heavy atom. The molecule has 136 valence electrons. The maximum atomic E-state index is 13.7. The van der Waals surface area contributed by atoms with Crippen LogP contribution in [0.1, 0.15) is 48.4 Å². The van der Waals surface area contributed by atoms with Crippen LogP contribution in [0.25, 0.3) is 16.8 Å². The van der Waals surface area contributed by atoms with Crippen LogP contribution in [0, 0.1) is 18.6 Å². The molecule has 7 heteroatoms. The quantitative estimate of drug-likeness (QED) is 0.653. The summed E-state index contributed by atoms with van der Waals surface area (Å²) in [5.41, 5.74) is 3.15. The van der Waals surface area contributed by atoms with Gasteiger partial charge in [-0.3, -0.25) is 0 Å². The topological polar surface area (TPSA) is 56.5 Å². The molecule has 1 aromatic carbocycles. The predicted molar refractivity (Wildman–Crippen MR) is 93.1 cm³/mol. The number of aryl methyl sites for hydroxylation is 1. The van der Waals surface area contributed by atoms with E-state index < -0.39 is 17.6 Å². The number of esters is 1. The second-order valence-corrected chi connectivity index (χ2v) is 6.26. The van der Waals surface area contributed by atoms with Gasteiger partial charge in [-0.05, 0) is 37.5 Å². The number of aromatic nitrogens is 3.